The lowest BCUT2D eigenvalue weighted by atomic mass is 10.4. The smallest absolute Gasteiger partial charge is 0.188 e. The first-order valence-electron chi connectivity index (χ1n) is 3.10. The second kappa shape index (κ2) is 4.18. The molecule has 0 amide bonds. The Bertz CT molecular complexity index is 90.3. The minimum atomic E-state index is 0.140. The summed E-state index contributed by atoms with van der Waals surface area (Å²) in [6.45, 7) is 7.21. The van der Waals surface area contributed by atoms with E-state index in [0.717, 1.165) is 19.5 Å². The van der Waals surface area contributed by atoms with Crippen molar-refractivity contribution in [1.29, 1.82) is 5.41 Å². The summed E-state index contributed by atoms with van der Waals surface area (Å²) in [7, 11) is 0. The van der Waals surface area contributed by atoms with Gasteiger partial charge in [-0.15, -0.1) is 0 Å². The Hall–Kier alpha value is -0.730. The first-order valence-corrected chi connectivity index (χ1v) is 3.10. The third kappa shape index (κ3) is 2.95. The molecule has 0 aromatic heterocycles. The zero-order chi connectivity index (χ0) is 7.28. The van der Waals surface area contributed by atoms with Gasteiger partial charge in [0.15, 0.2) is 5.96 Å². The largest absolute Gasteiger partial charge is 0.370 e. The third-order valence-electron chi connectivity index (χ3n) is 1.15. The van der Waals surface area contributed by atoms with Crippen molar-refractivity contribution >= 4 is 5.96 Å². The molecule has 0 aromatic carbocycles. The molecular weight excluding hydrogens is 114 g/mol. The van der Waals surface area contributed by atoms with E-state index in [9.17, 15) is 0 Å². The fourth-order valence-electron chi connectivity index (χ4n) is 0.640. The molecular formula is C6H14N3. The molecule has 0 aromatic rings. The minimum absolute atomic E-state index is 0.140. The highest BCUT2D eigenvalue weighted by Crippen LogP contribution is 1.86. The Morgan fingerprint density at radius 3 is 2.44 bits per heavy atom. The number of hydrogen-bond donors (Lipinski definition) is 2. The molecule has 1 radical (unpaired) electrons. The van der Waals surface area contributed by atoms with Gasteiger partial charge < -0.3 is 10.6 Å². The quantitative estimate of drug-likeness (QED) is 0.427. The molecule has 0 aliphatic carbocycles. The van der Waals surface area contributed by atoms with Crippen molar-refractivity contribution in [1.82, 2.24) is 4.90 Å². The molecule has 3 N–H and O–H groups in total. The van der Waals surface area contributed by atoms with Crippen molar-refractivity contribution < 1.29 is 0 Å². The van der Waals surface area contributed by atoms with Crippen LogP contribution in [0.3, 0.4) is 0 Å². The van der Waals surface area contributed by atoms with Crippen LogP contribution in [-0.2, 0) is 0 Å². The summed E-state index contributed by atoms with van der Waals surface area (Å²) in [5.74, 6) is 0.140. The van der Waals surface area contributed by atoms with Crippen LogP contribution in [0.4, 0.5) is 0 Å². The molecule has 0 bridgehead atoms. The van der Waals surface area contributed by atoms with Crippen LogP contribution in [0, 0.1) is 12.3 Å². The summed E-state index contributed by atoms with van der Waals surface area (Å²) in [6, 6.07) is 0. The number of rotatable bonds is 3. The number of nitrogens with two attached hydrogens (primary N) is 1. The minimum Gasteiger partial charge on any atom is -0.370 e. The lowest BCUT2D eigenvalue weighted by Crippen LogP contribution is -2.36. The maximum Gasteiger partial charge on any atom is 0.188 e. The second-order valence-corrected chi connectivity index (χ2v) is 1.82. The zero-order valence-corrected chi connectivity index (χ0v) is 5.85. The van der Waals surface area contributed by atoms with Crippen LogP contribution in [0.5, 0.6) is 0 Å². The predicted molar refractivity (Wildman–Crippen MR) is 39.1 cm³/mol. The van der Waals surface area contributed by atoms with E-state index in [1.165, 1.54) is 0 Å². The Balaban J connectivity index is 3.54. The standard InChI is InChI=1S/C6H14N3/c1-3-5-9(4-2)6(7)8/h1,3-5H2,2H3,(H3,7,8). The van der Waals surface area contributed by atoms with E-state index < -0.39 is 0 Å². The molecule has 0 spiro atoms. The molecule has 0 aliphatic rings. The molecule has 3 heteroatoms. The molecule has 0 saturated heterocycles. The van der Waals surface area contributed by atoms with Crippen LogP contribution in [0.2, 0.25) is 0 Å². The number of nitrogens with zero attached hydrogens (tertiary/aromatic N) is 1. The van der Waals surface area contributed by atoms with E-state index in [1.54, 1.807) is 4.90 Å². The van der Waals surface area contributed by atoms with E-state index in [0.29, 0.717) is 0 Å². The molecule has 0 atom stereocenters. The molecule has 0 rings (SSSR count). The number of hydrogen-bond acceptors (Lipinski definition) is 1. The van der Waals surface area contributed by atoms with Gasteiger partial charge in [0.05, 0.1) is 0 Å². The molecule has 3 nitrogen and oxygen atoms in total. The number of nitrogens with one attached hydrogen (secondary N) is 1. The first kappa shape index (κ1) is 8.27. The predicted octanol–water partition coefficient (Wildman–Crippen LogP) is 0.426. The van der Waals surface area contributed by atoms with Crippen molar-refractivity contribution in [2.75, 3.05) is 13.1 Å². The van der Waals surface area contributed by atoms with Crippen LogP contribution >= 0.6 is 0 Å². The Labute approximate surface area is 56.3 Å². The highest BCUT2D eigenvalue weighted by molar-refractivity contribution is 5.74. The van der Waals surface area contributed by atoms with Crippen molar-refractivity contribution in [3.63, 3.8) is 0 Å². The summed E-state index contributed by atoms with van der Waals surface area (Å²) in [4.78, 5) is 1.77. The lowest BCUT2D eigenvalue weighted by molar-refractivity contribution is 0.440. The Morgan fingerprint density at radius 1 is 1.78 bits per heavy atom. The highest BCUT2D eigenvalue weighted by atomic mass is 15.2. The Kier molecular flexibility index (Phi) is 3.84. The first-order chi connectivity index (χ1) is 4.22. The summed E-state index contributed by atoms with van der Waals surface area (Å²) in [5.41, 5.74) is 5.21. The van der Waals surface area contributed by atoms with Crippen LogP contribution < -0.4 is 5.73 Å². The summed E-state index contributed by atoms with van der Waals surface area (Å²) < 4.78 is 0. The van der Waals surface area contributed by atoms with E-state index >= 15 is 0 Å². The topological polar surface area (TPSA) is 53.1 Å². The normalized spacial score (nSPS) is 9.11. The molecule has 0 unspecified atom stereocenters. The van der Waals surface area contributed by atoms with Gasteiger partial charge in [0.25, 0.3) is 0 Å². The molecule has 0 heterocycles. The van der Waals surface area contributed by atoms with Gasteiger partial charge >= 0.3 is 0 Å². The molecule has 0 saturated carbocycles. The van der Waals surface area contributed by atoms with Crippen molar-refractivity contribution in [2.45, 2.75) is 13.3 Å². The van der Waals surface area contributed by atoms with Gasteiger partial charge in [-0.05, 0) is 13.3 Å². The van der Waals surface area contributed by atoms with Crippen LogP contribution in [0.1, 0.15) is 13.3 Å². The molecule has 53 valence electrons. The van der Waals surface area contributed by atoms with Crippen molar-refractivity contribution in [3.8, 4) is 0 Å². The number of guanidine groups is 1. The SMILES string of the molecule is [CH2]CCN(CC)C(=N)N. The molecule has 0 aliphatic heterocycles. The molecule has 0 fully saturated rings. The van der Waals surface area contributed by atoms with Crippen LogP contribution in [-0.4, -0.2) is 23.9 Å². The summed E-state index contributed by atoms with van der Waals surface area (Å²) in [5, 5.41) is 7.03. The lowest BCUT2D eigenvalue weighted by Gasteiger charge is -2.18. The van der Waals surface area contributed by atoms with Gasteiger partial charge in [-0.3, -0.25) is 5.41 Å². The third-order valence-corrected chi connectivity index (χ3v) is 1.15. The van der Waals surface area contributed by atoms with Crippen LogP contribution in [0.25, 0.3) is 0 Å². The van der Waals surface area contributed by atoms with E-state index in [-0.39, 0.29) is 5.96 Å². The van der Waals surface area contributed by atoms with Gasteiger partial charge in [-0.25, -0.2) is 0 Å². The zero-order valence-electron chi connectivity index (χ0n) is 5.85. The van der Waals surface area contributed by atoms with Crippen LogP contribution in [0.15, 0.2) is 0 Å². The fraction of sp³-hybridized carbons (Fsp3) is 0.667. The maximum absolute atomic E-state index is 7.03. The molecule has 9 heavy (non-hydrogen) atoms. The summed E-state index contributed by atoms with van der Waals surface area (Å²) in [6.07, 6.45) is 0.799. The second-order valence-electron chi connectivity index (χ2n) is 1.82. The van der Waals surface area contributed by atoms with E-state index in [2.05, 4.69) is 6.92 Å². The van der Waals surface area contributed by atoms with Gasteiger partial charge in [-0.1, -0.05) is 6.92 Å². The monoisotopic (exact) mass is 128 g/mol. The van der Waals surface area contributed by atoms with Gasteiger partial charge in [0.2, 0.25) is 0 Å². The van der Waals surface area contributed by atoms with Crippen molar-refractivity contribution in [2.24, 2.45) is 5.73 Å². The fourth-order valence-corrected chi connectivity index (χ4v) is 0.640. The van der Waals surface area contributed by atoms with E-state index in [4.69, 9.17) is 11.1 Å². The van der Waals surface area contributed by atoms with Gasteiger partial charge in [0, 0.05) is 13.1 Å². The van der Waals surface area contributed by atoms with E-state index in [1.807, 2.05) is 6.92 Å². The average molecular weight is 128 g/mol. The average Bonchev–Trinajstić information content (AvgIpc) is 1.82. The Morgan fingerprint density at radius 2 is 2.33 bits per heavy atom. The maximum atomic E-state index is 7.03. The summed E-state index contributed by atoms with van der Waals surface area (Å²) >= 11 is 0. The van der Waals surface area contributed by atoms with Gasteiger partial charge in [-0.2, -0.15) is 0 Å². The van der Waals surface area contributed by atoms with Gasteiger partial charge in [0.1, 0.15) is 0 Å². The van der Waals surface area contributed by atoms with Crippen molar-refractivity contribution in [3.05, 3.63) is 6.92 Å². The highest BCUT2D eigenvalue weighted by Gasteiger charge is 1.98.